The van der Waals surface area contributed by atoms with Crippen LogP contribution >= 0.6 is 0 Å². The van der Waals surface area contributed by atoms with Gasteiger partial charge in [-0.05, 0) is 30.6 Å². The van der Waals surface area contributed by atoms with Crippen LogP contribution in [0, 0.1) is 11.3 Å². The predicted octanol–water partition coefficient (Wildman–Crippen LogP) is 2.15. The average molecular weight is 286 g/mol. The largest absolute Gasteiger partial charge is 0.481 e. The smallest absolute Gasteiger partial charge is 0.303 e. The van der Waals surface area contributed by atoms with Crippen LogP contribution in [0.3, 0.4) is 0 Å². The van der Waals surface area contributed by atoms with Crippen molar-refractivity contribution in [3.63, 3.8) is 0 Å². The Morgan fingerprint density at radius 3 is 2.25 bits per heavy atom. The van der Waals surface area contributed by atoms with Gasteiger partial charge in [0.05, 0.1) is 6.04 Å². The number of hydrogen-bond acceptors (Lipinski definition) is 3. The SMILES string of the molecule is CCCC(N)C(=O)NCCC(CCC(=O)O)C(C)(C)C. The molecular formula is C15H30N2O3. The Balaban J connectivity index is 4.20. The van der Waals surface area contributed by atoms with Crippen LogP contribution in [0.1, 0.15) is 59.8 Å². The molecule has 2 atom stereocenters. The highest BCUT2D eigenvalue weighted by Crippen LogP contribution is 2.32. The summed E-state index contributed by atoms with van der Waals surface area (Å²) in [6.45, 7) is 8.85. The monoisotopic (exact) mass is 286 g/mol. The molecular weight excluding hydrogens is 256 g/mol. The molecule has 0 aromatic carbocycles. The zero-order valence-electron chi connectivity index (χ0n) is 13.2. The summed E-state index contributed by atoms with van der Waals surface area (Å²) in [5.74, 6) is -0.618. The number of rotatable bonds is 9. The van der Waals surface area contributed by atoms with Gasteiger partial charge in [0.1, 0.15) is 0 Å². The lowest BCUT2D eigenvalue weighted by molar-refractivity contribution is -0.137. The average Bonchev–Trinajstić information content (AvgIpc) is 2.31. The number of hydrogen-bond donors (Lipinski definition) is 3. The highest BCUT2D eigenvalue weighted by molar-refractivity contribution is 5.81. The summed E-state index contributed by atoms with van der Waals surface area (Å²) in [7, 11) is 0. The summed E-state index contributed by atoms with van der Waals surface area (Å²) in [6, 6.07) is -0.438. The maximum atomic E-state index is 11.7. The second-order valence-corrected chi connectivity index (χ2v) is 6.47. The van der Waals surface area contributed by atoms with Gasteiger partial charge in [-0.1, -0.05) is 34.1 Å². The summed E-state index contributed by atoms with van der Waals surface area (Å²) >= 11 is 0. The van der Waals surface area contributed by atoms with Gasteiger partial charge in [-0.25, -0.2) is 0 Å². The lowest BCUT2D eigenvalue weighted by Gasteiger charge is -2.30. The van der Waals surface area contributed by atoms with Crippen LogP contribution in [0.2, 0.25) is 0 Å². The van der Waals surface area contributed by atoms with Gasteiger partial charge in [-0.2, -0.15) is 0 Å². The van der Waals surface area contributed by atoms with E-state index in [1.165, 1.54) is 0 Å². The molecule has 5 nitrogen and oxygen atoms in total. The topological polar surface area (TPSA) is 92.4 Å². The second-order valence-electron chi connectivity index (χ2n) is 6.47. The second kappa shape index (κ2) is 8.95. The third kappa shape index (κ3) is 8.15. The van der Waals surface area contributed by atoms with Gasteiger partial charge in [-0.15, -0.1) is 0 Å². The van der Waals surface area contributed by atoms with Crippen LogP contribution in [-0.2, 0) is 9.59 Å². The molecule has 0 rings (SSSR count). The number of carboxylic acid groups (broad SMARTS) is 1. The zero-order chi connectivity index (χ0) is 15.8. The fourth-order valence-electron chi connectivity index (χ4n) is 2.25. The molecule has 0 aromatic heterocycles. The molecule has 0 spiro atoms. The fraction of sp³-hybridized carbons (Fsp3) is 0.867. The van der Waals surface area contributed by atoms with Gasteiger partial charge in [0.25, 0.3) is 0 Å². The van der Waals surface area contributed by atoms with Crippen molar-refractivity contribution in [3.8, 4) is 0 Å². The molecule has 5 heteroatoms. The van der Waals surface area contributed by atoms with Crippen LogP contribution in [-0.4, -0.2) is 29.6 Å². The van der Waals surface area contributed by atoms with E-state index in [2.05, 4.69) is 26.1 Å². The number of carbonyl (C=O) groups excluding carboxylic acids is 1. The molecule has 0 radical (unpaired) electrons. The molecule has 2 unspecified atom stereocenters. The molecule has 0 aromatic rings. The van der Waals surface area contributed by atoms with E-state index in [-0.39, 0.29) is 23.7 Å². The Bertz CT molecular complexity index is 311. The van der Waals surface area contributed by atoms with Crippen molar-refractivity contribution in [1.82, 2.24) is 5.32 Å². The molecule has 0 aliphatic heterocycles. The van der Waals surface area contributed by atoms with Crippen molar-refractivity contribution in [2.45, 2.75) is 65.8 Å². The first-order chi connectivity index (χ1) is 9.18. The molecule has 0 saturated heterocycles. The van der Waals surface area contributed by atoms with Crippen LogP contribution in [0.15, 0.2) is 0 Å². The number of nitrogens with two attached hydrogens (primary N) is 1. The van der Waals surface area contributed by atoms with Gasteiger partial charge in [0, 0.05) is 13.0 Å². The normalized spacial score (nSPS) is 14.7. The first-order valence-corrected chi connectivity index (χ1v) is 7.43. The molecule has 0 heterocycles. The Labute approximate surface area is 122 Å². The molecule has 4 N–H and O–H groups in total. The maximum Gasteiger partial charge on any atom is 0.303 e. The first kappa shape index (κ1) is 18.9. The van der Waals surface area contributed by atoms with Gasteiger partial charge in [0.2, 0.25) is 5.91 Å². The lowest BCUT2D eigenvalue weighted by Crippen LogP contribution is -2.41. The molecule has 0 bridgehead atoms. The van der Waals surface area contributed by atoms with E-state index in [4.69, 9.17) is 10.8 Å². The van der Waals surface area contributed by atoms with Crippen LogP contribution < -0.4 is 11.1 Å². The number of carboxylic acids is 1. The number of carbonyl (C=O) groups is 2. The standard InChI is InChI=1S/C15H30N2O3/c1-5-6-12(16)14(20)17-10-9-11(15(2,3)4)7-8-13(18)19/h11-12H,5-10,16H2,1-4H3,(H,17,20)(H,18,19). The Kier molecular flexibility index (Phi) is 8.46. The molecule has 0 fully saturated rings. The summed E-state index contributed by atoms with van der Waals surface area (Å²) in [4.78, 5) is 22.4. The third-order valence-electron chi connectivity index (χ3n) is 3.66. The maximum absolute atomic E-state index is 11.7. The number of amides is 1. The van der Waals surface area contributed by atoms with Crippen LogP contribution in [0.5, 0.6) is 0 Å². The molecule has 0 aliphatic carbocycles. The minimum atomic E-state index is -0.770. The van der Waals surface area contributed by atoms with Crippen molar-refractivity contribution in [2.24, 2.45) is 17.1 Å². The van der Waals surface area contributed by atoms with Gasteiger partial charge in [-0.3, -0.25) is 9.59 Å². The Morgan fingerprint density at radius 1 is 1.20 bits per heavy atom. The fourth-order valence-corrected chi connectivity index (χ4v) is 2.25. The molecule has 118 valence electrons. The van der Waals surface area contributed by atoms with Crippen molar-refractivity contribution in [2.75, 3.05) is 6.54 Å². The number of nitrogens with one attached hydrogen (secondary N) is 1. The summed E-state index contributed by atoms with van der Waals surface area (Å²) < 4.78 is 0. The van der Waals surface area contributed by atoms with E-state index < -0.39 is 12.0 Å². The molecule has 20 heavy (non-hydrogen) atoms. The minimum absolute atomic E-state index is 0.0334. The van der Waals surface area contributed by atoms with E-state index in [9.17, 15) is 9.59 Å². The summed E-state index contributed by atoms with van der Waals surface area (Å²) in [6.07, 6.45) is 3.16. The van der Waals surface area contributed by atoms with Gasteiger partial charge >= 0.3 is 5.97 Å². The highest BCUT2D eigenvalue weighted by atomic mass is 16.4. The molecule has 0 aliphatic rings. The Hall–Kier alpha value is -1.10. The van der Waals surface area contributed by atoms with Crippen molar-refractivity contribution in [1.29, 1.82) is 0 Å². The Morgan fingerprint density at radius 2 is 1.80 bits per heavy atom. The van der Waals surface area contributed by atoms with Crippen LogP contribution in [0.25, 0.3) is 0 Å². The van der Waals surface area contributed by atoms with E-state index in [0.29, 0.717) is 19.4 Å². The quantitative estimate of drug-likeness (QED) is 0.605. The summed E-state index contributed by atoms with van der Waals surface area (Å²) in [5.41, 5.74) is 5.77. The third-order valence-corrected chi connectivity index (χ3v) is 3.66. The molecule has 0 saturated carbocycles. The molecule has 1 amide bonds. The van der Waals surface area contributed by atoms with Crippen molar-refractivity contribution >= 4 is 11.9 Å². The predicted molar refractivity (Wildman–Crippen MR) is 80.3 cm³/mol. The lowest BCUT2D eigenvalue weighted by atomic mass is 9.76. The number of aliphatic carboxylic acids is 1. The zero-order valence-corrected chi connectivity index (χ0v) is 13.2. The van der Waals surface area contributed by atoms with Crippen molar-refractivity contribution < 1.29 is 14.7 Å². The van der Waals surface area contributed by atoms with E-state index in [1.54, 1.807) is 0 Å². The first-order valence-electron chi connectivity index (χ1n) is 7.43. The highest BCUT2D eigenvalue weighted by Gasteiger charge is 2.25. The minimum Gasteiger partial charge on any atom is -0.481 e. The van der Waals surface area contributed by atoms with Crippen LogP contribution in [0.4, 0.5) is 0 Å². The van der Waals surface area contributed by atoms with E-state index in [0.717, 1.165) is 12.8 Å². The summed E-state index contributed by atoms with van der Waals surface area (Å²) in [5, 5.41) is 11.6. The van der Waals surface area contributed by atoms with E-state index in [1.807, 2.05) is 6.92 Å². The van der Waals surface area contributed by atoms with Gasteiger partial charge in [0.15, 0.2) is 0 Å². The van der Waals surface area contributed by atoms with E-state index >= 15 is 0 Å². The van der Waals surface area contributed by atoms with Gasteiger partial charge < -0.3 is 16.2 Å². The van der Waals surface area contributed by atoms with Crippen molar-refractivity contribution in [3.05, 3.63) is 0 Å².